The number of rotatable bonds is 6. The molecule has 2 unspecified atom stereocenters. The van der Waals surface area contributed by atoms with Crippen molar-refractivity contribution < 1.29 is 15.6 Å². The van der Waals surface area contributed by atoms with Crippen LogP contribution in [0.4, 0.5) is 0 Å². The summed E-state index contributed by atoms with van der Waals surface area (Å²) in [6, 6.07) is 37.9. The molecular formula is C47H47Cl2SiZr. The van der Waals surface area contributed by atoms with Gasteiger partial charge in [0.25, 0.3) is 0 Å². The SMILES string of the molecule is CC1=Cc2c(-c3cccc4ccccc34)c(C)c(C)c(C)c2[CH]1[Zr]([Cl])([Cl])([CH]1C(C(C)C)=Cc2c(-c3cccc4ccccc34)cccc21)[SiH](C)C. The summed E-state index contributed by atoms with van der Waals surface area (Å²) >= 11 is -4.97. The van der Waals surface area contributed by atoms with Crippen LogP contribution in [0.5, 0.6) is 0 Å². The molecule has 6 aromatic carbocycles. The summed E-state index contributed by atoms with van der Waals surface area (Å²) in [7, 11) is 17.7. The van der Waals surface area contributed by atoms with E-state index in [1.807, 2.05) is 0 Å². The van der Waals surface area contributed by atoms with Gasteiger partial charge in [-0.3, -0.25) is 0 Å². The van der Waals surface area contributed by atoms with E-state index in [0.717, 1.165) is 0 Å². The van der Waals surface area contributed by atoms with Crippen molar-refractivity contribution in [1.82, 2.24) is 0 Å². The van der Waals surface area contributed by atoms with Crippen LogP contribution >= 0.6 is 17.0 Å². The van der Waals surface area contributed by atoms with E-state index < -0.39 is 21.5 Å². The summed E-state index contributed by atoms with van der Waals surface area (Å²) in [4.78, 5) is 0. The summed E-state index contributed by atoms with van der Waals surface area (Å²) in [5, 5.41) is 5.10. The van der Waals surface area contributed by atoms with Gasteiger partial charge >= 0.3 is 315 Å². The predicted octanol–water partition coefficient (Wildman–Crippen LogP) is 14.5. The van der Waals surface area contributed by atoms with Gasteiger partial charge in [-0.1, -0.05) is 0 Å². The van der Waals surface area contributed by atoms with Gasteiger partial charge in [-0.15, -0.1) is 0 Å². The first-order valence-electron chi connectivity index (χ1n) is 18.5. The van der Waals surface area contributed by atoms with Gasteiger partial charge < -0.3 is 0 Å². The second-order valence-corrected chi connectivity index (χ2v) is 58.4. The molecule has 6 aromatic rings. The third kappa shape index (κ3) is 5.07. The first-order valence-corrected chi connectivity index (χ1v) is 34.9. The van der Waals surface area contributed by atoms with Crippen LogP contribution < -0.4 is 0 Å². The zero-order chi connectivity index (χ0) is 36.0. The van der Waals surface area contributed by atoms with E-state index in [1.54, 1.807) is 0 Å². The van der Waals surface area contributed by atoms with Gasteiger partial charge in [-0.25, -0.2) is 0 Å². The minimum absolute atomic E-state index is 0.0452. The summed E-state index contributed by atoms with van der Waals surface area (Å²) in [5.74, 6) is -1.39. The van der Waals surface area contributed by atoms with Gasteiger partial charge in [0.2, 0.25) is 0 Å². The number of benzene rings is 6. The second-order valence-electron chi connectivity index (χ2n) is 15.9. The van der Waals surface area contributed by atoms with Crippen LogP contribution in [0.3, 0.4) is 0 Å². The molecule has 8 rings (SSSR count). The molecule has 0 bridgehead atoms. The Labute approximate surface area is 313 Å². The van der Waals surface area contributed by atoms with Crippen molar-refractivity contribution in [2.75, 3.05) is 0 Å². The van der Waals surface area contributed by atoms with Crippen LogP contribution in [0.25, 0.3) is 56.0 Å². The molecule has 0 fully saturated rings. The molecule has 2 aliphatic carbocycles. The van der Waals surface area contributed by atoms with Gasteiger partial charge in [0.15, 0.2) is 0 Å². The van der Waals surface area contributed by atoms with Crippen molar-refractivity contribution >= 4 is 56.6 Å². The molecule has 0 nitrogen and oxygen atoms in total. The molecular weight excluding hydrogens is 755 g/mol. The van der Waals surface area contributed by atoms with Gasteiger partial charge in [-0.05, 0) is 0 Å². The zero-order valence-electron chi connectivity index (χ0n) is 31.0. The molecule has 0 amide bonds. The van der Waals surface area contributed by atoms with Crippen LogP contribution in [0.1, 0.15) is 67.0 Å². The average Bonchev–Trinajstić information content (AvgIpc) is 3.70. The number of halogens is 2. The maximum atomic E-state index is 8.84. The topological polar surface area (TPSA) is 0 Å². The Morgan fingerprint density at radius 3 is 1.75 bits per heavy atom. The summed E-state index contributed by atoms with van der Waals surface area (Å²) in [6.07, 6.45) is 4.98. The van der Waals surface area contributed by atoms with Crippen molar-refractivity contribution in [2.45, 2.75) is 61.9 Å². The van der Waals surface area contributed by atoms with Gasteiger partial charge in [-0.2, -0.15) is 0 Å². The van der Waals surface area contributed by atoms with E-state index >= 15 is 0 Å². The molecule has 4 heteroatoms. The predicted molar refractivity (Wildman–Crippen MR) is 226 cm³/mol. The normalized spacial score (nSPS) is 17.8. The first-order chi connectivity index (χ1) is 24.3. The second kappa shape index (κ2) is 12.6. The molecule has 0 saturated carbocycles. The standard InChI is InChI=1S/C23H21.C22H19.C2H7Si.2ClH.Zr/c1-14-12-21-16(3)15(2)17(4)23(22(21)13-14)20-11-7-9-18-8-5-6-10-19(18)20;1-15(2)18-13-17-9-6-12-21(22(17)14-18)20-11-5-8-16-7-3-4-10-19(16)20;1-3-2;;;/h5-13H,1-4H3;3-15H,1-2H3;3H,1-2H3;2*1H;/q;;;;;+2/p-2. The summed E-state index contributed by atoms with van der Waals surface area (Å²) < 4.78 is 0.0939. The fourth-order valence-corrected chi connectivity index (χ4v) is 42.1. The quantitative estimate of drug-likeness (QED) is 0.147. The number of hydrogen-bond acceptors (Lipinski definition) is 0. The van der Waals surface area contributed by atoms with E-state index in [9.17, 15) is 0 Å². The van der Waals surface area contributed by atoms with Crippen LogP contribution in [-0.2, 0) is 15.6 Å². The van der Waals surface area contributed by atoms with Crippen molar-refractivity contribution in [2.24, 2.45) is 5.92 Å². The van der Waals surface area contributed by atoms with Crippen LogP contribution in [0.15, 0.2) is 114 Å². The molecule has 0 aromatic heterocycles. The summed E-state index contributed by atoms with van der Waals surface area (Å²) in [5.41, 5.74) is 17.4. The van der Waals surface area contributed by atoms with Gasteiger partial charge in [0.05, 0.1) is 0 Å². The van der Waals surface area contributed by atoms with Crippen molar-refractivity contribution in [1.29, 1.82) is 0 Å². The molecule has 0 spiro atoms. The molecule has 2 aliphatic rings. The van der Waals surface area contributed by atoms with E-state index in [-0.39, 0.29) is 7.25 Å². The number of allylic oxidation sites excluding steroid dienone is 2. The van der Waals surface area contributed by atoms with Crippen LogP contribution in [0, 0.1) is 26.7 Å². The third-order valence-electron chi connectivity index (χ3n) is 12.7. The molecule has 0 heterocycles. The van der Waals surface area contributed by atoms with Crippen molar-refractivity contribution in [3.63, 3.8) is 0 Å². The number of hydrogen-bond donors (Lipinski definition) is 0. The fraction of sp³-hybridized carbons (Fsp3) is 0.234. The molecule has 2 atom stereocenters. The average molecular weight is 802 g/mol. The van der Waals surface area contributed by atoms with E-state index in [1.165, 1.54) is 93.9 Å². The fourth-order valence-electron chi connectivity index (χ4n) is 9.84. The molecule has 51 heavy (non-hydrogen) atoms. The Morgan fingerprint density at radius 2 is 1.12 bits per heavy atom. The Morgan fingerprint density at radius 1 is 0.569 bits per heavy atom. The van der Waals surface area contributed by atoms with Gasteiger partial charge in [0, 0.05) is 0 Å². The van der Waals surface area contributed by atoms with Crippen LogP contribution in [0.2, 0.25) is 13.1 Å². The zero-order valence-corrected chi connectivity index (χ0v) is 36.2. The van der Waals surface area contributed by atoms with Gasteiger partial charge in [0.1, 0.15) is 0 Å². The molecule has 0 aliphatic heterocycles. The molecule has 0 radical (unpaired) electrons. The Kier molecular flexibility index (Phi) is 8.63. The minimum atomic E-state index is -4.97. The Balaban J connectivity index is 1.40. The molecule has 257 valence electrons. The van der Waals surface area contributed by atoms with E-state index in [4.69, 9.17) is 17.0 Å². The van der Waals surface area contributed by atoms with Crippen molar-refractivity contribution in [3.8, 4) is 22.3 Å². The van der Waals surface area contributed by atoms with E-state index in [0.29, 0.717) is 5.92 Å². The Hall–Kier alpha value is -3.00. The monoisotopic (exact) mass is 799 g/mol. The van der Waals surface area contributed by atoms with Crippen molar-refractivity contribution in [3.05, 3.63) is 153 Å². The summed E-state index contributed by atoms with van der Waals surface area (Å²) in [6.45, 7) is 18.9. The Bertz CT molecular complexity index is 2470. The molecule has 0 saturated heterocycles. The van der Waals surface area contributed by atoms with E-state index in [2.05, 4.69) is 170 Å². The molecule has 0 N–H and O–H groups in total. The van der Waals surface area contributed by atoms with Crippen LogP contribution in [-0.4, -0.2) is 5.92 Å². The third-order valence-corrected chi connectivity index (χ3v) is 64.6. The maximum absolute atomic E-state index is 8.84. The first kappa shape index (κ1) is 35.1. The number of fused-ring (bicyclic) bond motifs is 4.